The summed E-state index contributed by atoms with van der Waals surface area (Å²) in [6, 6.07) is 14.3. The molecule has 0 N–H and O–H groups in total. The van der Waals surface area contributed by atoms with Gasteiger partial charge < -0.3 is 14.4 Å². The smallest absolute Gasteiger partial charge is 0.232 e. The summed E-state index contributed by atoms with van der Waals surface area (Å²) >= 11 is 1.78. The van der Waals surface area contributed by atoms with Crippen LogP contribution in [0.2, 0.25) is 0 Å². The molecule has 2 aromatic carbocycles. The van der Waals surface area contributed by atoms with E-state index in [2.05, 4.69) is 22.4 Å². The molecule has 5 nitrogen and oxygen atoms in total. The Hall–Kier alpha value is -3.09. The van der Waals surface area contributed by atoms with Crippen molar-refractivity contribution in [3.05, 3.63) is 80.7 Å². The molecule has 0 aliphatic carbocycles. The van der Waals surface area contributed by atoms with Crippen molar-refractivity contribution in [1.29, 1.82) is 0 Å². The number of aryl methyl sites for hydroxylation is 1. The first-order valence-electron chi connectivity index (χ1n) is 10.8. The molecule has 0 amide bonds. The number of nitrogens with zero attached hydrogens (tertiary/aromatic N) is 2. The van der Waals surface area contributed by atoms with Crippen LogP contribution in [0.3, 0.4) is 0 Å². The highest BCUT2D eigenvalue weighted by molar-refractivity contribution is 7.09. The van der Waals surface area contributed by atoms with Crippen molar-refractivity contribution in [1.82, 2.24) is 4.90 Å². The highest BCUT2D eigenvalue weighted by Crippen LogP contribution is 2.44. The van der Waals surface area contributed by atoms with E-state index in [-0.39, 0.29) is 5.78 Å². The zero-order chi connectivity index (χ0) is 22.2. The van der Waals surface area contributed by atoms with Gasteiger partial charge in [0.2, 0.25) is 5.78 Å². The van der Waals surface area contributed by atoms with Crippen LogP contribution in [0, 0.1) is 6.92 Å². The second kappa shape index (κ2) is 8.45. The lowest BCUT2D eigenvalue weighted by Crippen LogP contribution is -2.33. The van der Waals surface area contributed by atoms with Crippen LogP contribution < -0.4 is 14.4 Å². The summed E-state index contributed by atoms with van der Waals surface area (Å²) in [5.74, 6) is 1.78. The van der Waals surface area contributed by atoms with Crippen LogP contribution in [-0.4, -0.2) is 38.1 Å². The minimum absolute atomic E-state index is 0.0623. The highest BCUT2D eigenvalue weighted by atomic mass is 32.1. The molecule has 5 rings (SSSR count). The summed E-state index contributed by atoms with van der Waals surface area (Å²) in [7, 11) is 4.01. The summed E-state index contributed by atoms with van der Waals surface area (Å²) in [4.78, 5) is 18.9. The summed E-state index contributed by atoms with van der Waals surface area (Å²) in [5.41, 5.74) is 4.56. The Morgan fingerprint density at radius 3 is 2.72 bits per heavy atom. The van der Waals surface area contributed by atoms with Crippen LogP contribution in [0.1, 0.15) is 31.9 Å². The van der Waals surface area contributed by atoms with Crippen molar-refractivity contribution in [3.8, 4) is 11.5 Å². The molecule has 3 heterocycles. The fourth-order valence-electron chi connectivity index (χ4n) is 4.16. The van der Waals surface area contributed by atoms with E-state index in [0.29, 0.717) is 30.3 Å². The molecule has 1 aromatic heterocycles. The molecule has 2 aliphatic heterocycles. The number of ether oxygens (including phenoxy) is 2. The van der Waals surface area contributed by atoms with E-state index in [1.165, 1.54) is 4.88 Å². The molecule has 0 radical (unpaired) electrons. The number of fused-ring (bicyclic) bond motifs is 3. The maximum Gasteiger partial charge on any atom is 0.232 e. The lowest BCUT2D eigenvalue weighted by atomic mass is 9.98. The molecule has 0 saturated carbocycles. The van der Waals surface area contributed by atoms with Crippen LogP contribution in [0.4, 0.5) is 5.69 Å². The first-order valence-corrected chi connectivity index (χ1v) is 11.6. The average molecular weight is 447 g/mol. The summed E-state index contributed by atoms with van der Waals surface area (Å²) < 4.78 is 12.2. The van der Waals surface area contributed by atoms with Gasteiger partial charge in [0, 0.05) is 37.7 Å². The lowest BCUT2D eigenvalue weighted by molar-refractivity contribution is 0.0951. The Bertz CT molecular complexity index is 1180. The minimum atomic E-state index is -0.0623. The molecule has 3 aromatic rings. The number of allylic oxidation sites excluding steroid dienone is 1. The van der Waals surface area contributed by atoms with Gasteiger partial charge in [-0.05, 0) is 60.2 Å². The number of rotatable bonds is 5. The molecule has 0 bridgehead atoms. The maximum absolute atomic E-state index is 13.2. The molecule has 6 heteroatoms. The summed E-state index contributed by atoms with van der Waals surface area (Å²) in [6.45, 7) is 4.10. The quantitative estimate of drug-likeness (QED) is 0.508. The van der Waals surface area contributed by atoms with Gasteiger partial charge in [-0.2, -0.15) is 0 Å². The zero-order valence-electron chi connectivity index (χ0n) is 18.6. The lowest BCUT2D eigenvalue weighted by Gasteiger charge is -2.30. The molecule has 0 unspecified atom stereocenters. The zero-order valence-corrected chi connectivity index (χ0v) is 19.4. The predicted octanol–water partition coefficient (Wildman–Crippen LogP) is 5.13. The van der Waals surface area contributed by atoms with Gasteiger partial charge in [0.1, 0.15) is 18.2 Å². The number of thiophene rings is 1. The number of carbonyl (C=O) groups excluding carboxylic acids is 1. The van der Waals surface area contributed by atoms with Gasteiger partial charge in [-0.1, -0.05) is 18.2 Å². The van der Waals surface area contributed by atoms with Gasteiger partial charge in [-0.25, -0.2) is 0 Å². The highest BCUT2D eigenvalue weighted by Gasteiger charge is 2.35. The van der Waals surface area contributed by atoms with Crippen LogP contribution in [-0.2, 0) is 13.0 Å². The van der Waals surface area contributed by atoms with E-state index in [1.807, 2.05) is 62.3 Å². The largest absolute Gasteiger partial charge is 0.478 e. The summed E-state index contributed by atoms with van der Waals surface area (Å²) in [5, 5.41) is 2.11. The molecule has 32 heavy (non-hydrogen) atoms. The molecule has 0 fully saturated rings. The standard InChI is InChI=1S/C26H26N2O3S/c1-17-13-22-21(15-28(16-30-22)11-10-20-5-4-12-32-20)26-24(17)25(29)23(31-26)14-18-6-8-19(9-7-18)27(2)3/h4-9,12-14H,10-11,15-16H2,1-3H3/b23-14-. The Morgan fingerprint density at radius 2 is 2.00 bits per heavy atom. The Morgan fingerprint density at radius 1 is 1.19 bits per heavy atom. The van der Waals surface area contributed by atoms with Gasteiger partial charge in [0.05, 0.1) is 11.1 Å². The first-order chi connectivity index (χ1) is 15.5. The number of Topliss-reactive ketones (excluding diaryl/α,β-unsaturated/α-hetero) is 1. The number of benzene rings is 2. The average Bonchev–Trinajstić information content (AvgIpc) is 3.42. The topological polar surface area (TPSA) is 42.0 Å². The number of hydrogen-bond donors (Lipinski definition) is 0. The molecule has 0 saturated heterocycles. The fraction of sp³-hybridized carbons (Fsp3) is 0.269. The van der Waals surface area contributed by atoms with Crippen LogP contribution in [0.25, 0.3) is 6.08 Å². The van der Waals surface area contributed by atoms with Gasteiger partial charge in [0.15, 0.2) is 5.76 Å². The molecule has 164 valence electrons. The molecule has 0 atom stereocenters. The van der Waals surface area contributed by atoms with Crippen molar-refractivity contribution >= 4 is 28.9 Å². The first kappa shape index (κ1) is 20.8. The van der Waals surface area contributed by atoms with Crippen LogP contribution >= 0.6 is 11.3 Å². The van der Waals surface area contributed by atoms with E-state index < -0.39 is 0 Å². The van der Waals surface area contributed by atoms with Crippen molar-refractivity contribution in [2.75, 3.05) is 32.3 Å². The maximum atomic E-state index is 13.2. The molecular weight excluding hydrogens is 420 g/mol. The third kappa shape index (κ3) is 3.92. The van der Waals surface area contributed by atoms with E-state index in [9.17, 15) is 4.79 Å². The van der Waals surface area contributed by atoms with Crippen molar-refractivity contribution in [2.45, 2.75) is 19.9 Å². The normalized spacial score (nSPS) is 16.5. The Balaban J connectivity index is 1.40. The SMILES string of the molecule is Cc1cc2c(c3c1C(=O)/C(=C/c1ccc(N(C)C)cc1)O3)CN(CCc1cccs1)CO2. The second-order valence-electron chi connectivity index (χ2n) is 8.46. The minimum Gasteiger partial charge on any atom is -0.478 e. The predicted molar refractivity (Wildman–Crippen MR) is 129 cm³/mol. The van der Waals surface area contributed by atoms with Gasteiger partial charge in [-0.15, -0.1) is 11.3 Å². The van der Waals surface area contributed by atoms with E-state index in [1.54, 1.807) is 11.3 Å². The number of carbonyl (C=O) groups is 1. The Labute approximate surface area is 192 Å². The van der Waals surface area contributed by atoms with Gasteiger partial charge >= 0.3 is 0 Å². The van der Waals surface area contributed by atoms with E-state index in [0.717, 1.165) is 41.1 Å². The number of anilines is 1. The second-order valence-corrected chi connectivity index (χ2v) is 9.49. The monoisotopic (exact) mass is 446 g/mol. The third-order valence-corrected chi connectivity index (χ3v) is 6.89. The van der Waals surface area contributed by atoms with Crippen LogP contribution in [0.15, 0.2) is 53.6 Å². The molecule has 2 aliphatic rings. The molecule has 0 spiro atoms. The van der Waals surface area contributed by atoms with Gasteiger partial charge in [-0.3, -0.25) is 9.69 Å². The van der Waals surface area contributed by atoms with Crippen LogP contribution in [0.5, 0.6) is 11.5 Å². The van der Waals surface area contributed by atoms with Crippen molar-refractivity contribution in [3.63, 3.8) is 0 Å². The number of hydrogen-bond acceptors (Lipinski definition) is 6. The number of ketones is 1. The third-order valence-electron chi connectivity index (χ3n) is 5.95. The van der Waals surface area contributed by atoms with Crippen molar-refractivity contribution < 1.29 is 14.3 Å². The Kier molecular flexibility index (Phi) is 5.49. The summed E-state index contributed by atoms with van der Waals surface area (Å²) in [6.07, 6.45) is 2.81. The van der Waals surface area contributed by atoms with E-state index >= 15 is 0 Å². The molecular formula is C26H26N2O3S. The van der Waals surface area contributed by atoms with Gasteiger partial charge in [0.25, 0.3) is 0 Å². The van der Waals surface area contributed by atoms with E-state index in [4.69, 9.17) is 9.47 Å². The van der Waals surface area contributed by atoms with Crippen molar-refractivity contribution in [2.24, 2.45) is 0 Å². The fourth-order valence-corrected chi connectivity index (χ4v) is 4.86.